The molecule has 1 aromatic rings. The van der Waals surface area contributed by atoms with E-state index in [0.717, 1.165) is 29.5 Å². The SMILES string of the molecule is O=C1CNC(c2cccc(Cl)c2)N1CCCC1CC1. The fraction of sp³-hybridized carbons (Fsp3) is 0.533. The van der Waals surface area contributed by atoms with Gasteiger partial charge in [0, 0.05) is 11.6 Å². The Morgan fingerprint density at radius 1 is 1.37 bits per heavy atom. The number of halogens is 1. The van der Waals surface area contributed by atoms with Crippen LogP contribution in [0.1, 0.15) is 37.4 Å². The molecule has 4 heteroatoms. The molecule has 2 fully saturated rings. The van der Waals surface area contributed by atoms with Crippen LogP contribution < -0.4 is 5.32 Å². The van der Waals surface area contributed by atoms with Crippen LogP contribution in [0.5, 0.6) is 0 Å². The van der Waals surface area contributed by atoms with Gasteiger partial charge >= 0.3 is 0 Å². The summed E-state index contributed by atoms with van der Waals surface area (Å²) in [6.07, 6.45) is 5.11. The largest absolute Gasteiger partial charge is 0.322 e. The summed E-state index contributed by atoms with van der Waals surface area (Å²) in [5.74, 6) is 1.12. The van der Waals surface area contributed by atoms with Gasteiger partial charge in [-0.3, -0.25) is 10.1 Å². The molecule has 0 bridgehead atoms. The van der Waals surface area contributed by atoms with Crippen molar-refractivity contribution < 1.29 is 4.79 Å². The molecule has 1 amide bonds. The molecule has 0 aromatic heterocycles. The Morgan fingerprint density at radius 2 is 2.21 bits per heavy atom. The Bertz CT molecular complexity index is 473. The van der Waals surface area contributed by atoms with E-state index in [-0.39, 0.29) is 12.1 Å². The molecule has 1 aromatic carbocycles. The van der Waals surface area contributed by atoms with Crippen LogP contribution in [0.15, 0.2) is 24.3 Å². The highest BCUT2D eigenvalue weighted by Gasteiger charge is 2.31. The summed E-state index contributed by atoms with van der Waals surface area (Å²) in [6.45, 7) is 1.28. The molecule has 0 spiro atoms. The van der Waals surface area contributed by atoms with Crippen molar-refractivity contribution in [3.05, 3.63) is 34.9 Å². The van der Waals surface area contributed by atoms with E-state index >= 15 is 0 Å². The summed E-state index contributed by atoms with van der Waals surface area (Å²) < 4.78 is 0. The first-order valence-electron chi connectivity index (χ1n) is 7.02. The van der Waals surface area contributed by atoms with Gasteiger partial charge in [0.05, 0.1) is 6.54 Å². The van der Waals surface area contributed by atoms with Crippen molar-refractivity contribution >= 4 is 17.5 Å². The second-order valence-corrected chi connectivity index (χ2v) is 5.95. The van der Waals surface area contributed by atoms with Crippen LogP contribution in [0.4, 0.5) is 0 Å². The molecule has 3 rings (SSSR count). The first-order valence-corrected chi connectivity index (χ1v) is 7.40. The molecule has 3 nitrogen and oxygen atoms in total. The predicted molar refractivity (Wildman–Crippen MR) is 75.9 cm³/mol. The second-order valence-electron chi connectivity index (χ2n) is 5.51. The third-order valence-corrected chi connectivity index (χ3v) is 4.19. The number of rotatable bonds is 5. The van der Waals surface area contributed by atoms with Crippen LogP contribution >= 0.6 is 11.6 Å². The number of hydrogen-bond acceptors (Lipinski definition) is 2. The molecule has 1 saturated carbocycles. The van der Waals surface area contributed by atoms with E-state index in [1.165, 1.54) is 19.3 Å². The molecule has 1 aliphatic carbocycles. The quantitative estimate of drug-likeness (QED) is 0.898. The zero-order chi connectivity index (χ0) is 13.2. The maximum Gasteiger partial charge on any atom is 0.238 e. The summed E-state index contributed by atoms with van der Waals surface area (Å²) in [6, 6.07) is 7.76. The average molecular weight is 279 g/mol. The van der Waals surface area contributed by atoms with Crippen molar-refractivity contribution in [1.29, 1.82) is 0 Å². The Kier molecular flexibility index (Phi) is 3.76. The summed E-state index contributed by atoms with van der Waals surface area (Å²) in [5.41, 5.74) is 1.07. The lowest BCUT2D eigenvalue weighted by molar-refractivity contribution is -0.128. The van der Waals surface area contributed by atoms with Gasteiger partial charge in [0.15, 0.2) is 0 Å². The Hall–Kier alpha value is -1.06. The van der Waals surface area contributed by atoms with Gasteiger partial charge in [-0.15, -0.1) is 0 Å². The average Bonchev–Trinajstić information content (AvgIpc) is 3.14. The zero-order valence-corrected chi connectivity index (χ0v) is 11.7. The molecule has 1 saturated heterocycles. The molecule has 2 aliphatic rings. The number of carbonyl (C=O) groups is 1. The van der Waals surface area contributed by atoms with Crippen LogP contribution in [-0.2, 0) is 4.79 Å². The highest BCUT2D eigenvalue weighted by atomic mass is 35.5. The number of hydrogen-bond donors (Lipinski definition) is 1. The first kappa shape index (κ1) is 12.9. The predicted octanol–water partition coefficient (Wildman–Crippen LogP) is 2.96. The van der Waals surface area contributed by atoms with Gasteiger partial charge in [0.1, 0.15) is 6.17 Å². The molecule has 1 unspecified atom stereocenters. The van der Waals surface area contributed by atoms with E-state index in [2.05, 4.69) is 5.32 Å². The van der Waals surface area contributed by atoms with E-state index in [9.17, 15) is 4.79 Å². The Labute approximate surface area is 118 Å². The molecule has 19 heavy (non-hydrogen) atoms. The lowest BCUT2D eigenvalue weighted by atomic mass is 10.1. The lowest BCUT2D eigenvalue weighted by Gasteiger charge is -2.24. The fourth-order valence-corrected chi connectivity index (χ4v) is 2.92. The first-order chi connectivity index (χ1) is 9.24. The van der Waals surface area contributed by atoms with Crippen molar-refractivity contribution in [2.75, 3.05) is 13.1 Å². The van der Waals surface area contributed by atoms with Gasteiger partial charge in [-0.25, -0.2) is 0 Å². The summed E-state index contributed by atoms with van der Waals surface area (Å²) in [5, 5.41) is 3.99. The van der Waals surface area contributed by atoms with E-state index in [1.807, 2.05) is 29.2 Å². The standard InChI is InChI=1S/C15H19ClN2O/c16-13-5-1-4-12(9-13)15-17-10-14(19)18(15)8-2-3-11-6-7-11/h1,4-5,9,11,15,17H,2-3,6-8,10H2. The van der Waals surface area contributed by atoms with Crippen LogP contribution in [0.2, 0.25) is 5.02 Å². The number of nitrogens with one attached hydrogen (secondary N) is 1. The van der Waals surface area contributed by atoms with Crippen molar-refractivity contribution in [3.63, 3.8) is 0 Å². The number of nitrogens with zero attached hydrogens (tertiary/aromatic N) is 1. The van der Waals surface area contributed by atoms with Gasteiger partial charge in [0.25, 0.3) is 0 Å². The smallest absolute Gasteiger partial charge is 0.238 e. The van der Waals surface area contributed by atoms with Crippen LogP contribution in [0.25, 0.3) is 0 Å². The minimum absolute atomic E-state index is 0.00889. The second kappa shape index (κ2) is 5.51. The molecular formula is C15H19ClN2O. The van der Waals surface area contributed by atoms with Crippen LogP contribution in [0, 0.1) is 5.92 Å². The minimum Gasteiger partial charge on any atom is -0.322 e. The number of amides is 1. The van der Waals surface area contributed by atoms with E-state index in [0.29, 0.717) is 6.54 Å². The molecule has 1 heterocycles. The number of benzene rings is 1. The Balaban J connectivity index is 1.66. The summed E-state index contributed by atoms with van der Waals surface area (Å²) in [4.78, 5) is 13.9. The molecule has 1 aliphatic heterocycles. The molecule has 1 N–H and O–H groups in total. The van der Waals surface area contributed by atoms with Crippen LogP contribution in [-0.4, -0.2) is 23.9 Å². The fourth-order valence-electron chi connectivity index (χ4n) is 2.72. The number of carbonyl (C=O) groups excluding carboxylic acids is 1. The third kappa shape index (κ3) is 3.10. The van der Waals surface area contributed by atoms with Gasteiger partial charge in [-0.05, 0) is 36.5 Å². The van der Waals surface area contributed by atoms with Crippen molar-refractivity contribution in [2.24, 2.45) is 5.92 Å². The van der Waals surface area contributed by atoms with Crippen molar-refractivity contribution in [1.82, 2.24) is 10.2 Å². The van der Waals surface area contributed by atoms with Gasteiger partial charge in [-0.2, -0.15) is 0 Å². The van der Waals surface area contributed by atoms with E-state index in [1.54, 1.807) is 0 Å². The Morgan fingerprint density at radius 3 is 2.95 bits per heavy atom. The van der Waals surface area contributed by atoms with Gasteiger partial charge < -0.3 is 4.90 Å². The highest BCUT2D eigenvalue weighted by Crippen LogP contribution is 2.34. The molecular weight excluding hydrogens is 260 g/mol. The van der Waals surface area contributed by atoms with Crippen molar-refractivity contribution in [3.8, 4) is 0 Å². The molecule has 1 atom stereocenters. The highest BCUT2D eigenvalue weighted by molar-refractivity contribution is 6.30. The van der Waals surface area contributed by atoms with Crippen molar-refractivity contribution in [2.45, 2.75) is 31.8 Å². The van der Waals surface area contributed by atoms with E-state index < -0.39 is 0 Å². The molecule has 0 radical (unpaired) electrons. The molecule has 102 valence electrons. The third-order valence-electron chi connectivity index (χ3n) is 3.95. The monoisotopic (exact) mass is 278 g/mol. The lowest BCUT2D eigenvalue weighted by Crippen LogP contribution is -2.31. The van der Waals surface area contributed by atoms with Gasteiger partial charge in [0.2, 0.25) is 5.91 Å². The maximum absolute atomic E-state index is 12.0. The summed E-state index contributed by atoms with van der Waals surface area (Å²) in [7, 11) is 0. The summed E-state index contributed by atoms with van der Waals surface area (Å²) >= 11 is 6.03. The minimum atomic E-state index is -0.00889. The maximum atomic E-state index is 12.0. The van der Waals surface area contributed by atoms with Gasteiger partial charge in [-0.1, -0.05) is 36.6 Å². The topological polar surface area (TPSA) is 32.3 Å². The van der Waals surface area contributed by atoms with Crippen LogP contribution in [0.3, 0.4) is 0 Å². The zero-order valence-electron chi connectivity index (χ0n) is 10.9. The normalized spacial score (nSPS) is 23.1. The van der Waals surface area contributed by atoms with E-state index in [4.69, 9.17) is 11.6 Å².